The zero-order chi connectivity index (χ0) is 15.3. The molecule has 0 radical (unpaired) electrons. The number of carbonyl (C=O) groups is 1. The Morgan fingerprint density at radius 2 is 1.71 bits per heavy atom. The Balaban J connectivity index is 1.96. The molecule has 1 unspecified atom stereocenters. The van der Waals surface area contributed by atoms with E-state index in [1.54, 1.807) is 0 Å². The van der Waals surface area contributed by atoms with E-state index in [0.29, 0.717) is 26.1 Å². The second kappa shape index (κ2) is 12.0. The van der Waals surface area contributed by atoms with Crippen molar-refractivity contribution in [2.45, 2.75) is 77.2 Å². The number of nitrogens with zero attached hydrogens (tertiary/aromatic N) is 1. The van der Waals surface area contributed by atoms with Gasteiger partial charge in [-0.3, -0.25) is 4.79 Å². The Bertz CT molecular complexity index is 271. The Labute approximate surface area is 129 Å². The van der Waals surface area contributed by atoms with Gasteiger partial charge in [0.1, 0.15) is 0 Å². The molecule has 1 atom stereocenters. The second-order valence-corrected chi connectivity index (χ2v) is 6.09. The van der Waals surface area contributed by atoms with E-state index in [9.17, 15) is 4.79 Å². The van der Waals surface area contributed by atoms with E-state index in [0.717, 1.165) is 12.8 Å². The minimum absolute atomic E-state index is 0.00180. The van der Waals surface area contributed by atoms with Crippen LogP contribution < -0.4 is 0 Å². The Morgan fingerprint density at radius 3 is 2.33 bits per heavy atom. The lowest BCUT2D eigenvalue weighted by Gasteiger charge is -2.32. The highest BCUT2D eigenvalue weighted by atomic mass is 16.5. The maximum atomic E-state index is 12.1. The predicted octanol–water partition coefficient (Wildman–Crippen LogP) is 3.13. The number of rotatable bonds is 11. The van der Waals surface area contributed by atoms with Crippen molar-refractivity contribution in [2.75, 3.05) is 26.3 Å². The fourth-order valence-corrected chi connectivity index (χ4v) is 2.80. The van der Waals surface area contributed by atoms with E-state index in [1.807, 2.05) is 4.90 Å². The van der Waals surface area contributed by atoms with Crippen LogP contribution in [0.3, 0.4) is 0 Å². The van der Waals surface area contributed by atoms with Crippen molar-refractivity contribution in [1.82, 2.24) is 4.90 Å². The summed E-state index contributed by atoms with van der Waals surface area (Å²) in [6.07, 6.45) is 11.9. The number of amides is 1. The molecule has 0 saturated carbocycles. The van der Waals surface area contributed by atoms with Crippen molar-refractivity contribution in [2.24, 2.45) is 0 Å². The van der Waals surface area contributed by atoms with Crippen LogP contribution in [0.25, 0.3) is 0 Å². The highest BCUT2D eigenvalue weighted by Crippen LogP contribution is 2.12. The molecule has 0 aromatic heterocycles. The van der Waals surface area contributed by atoms with Crippen LogP contribution in [0.4, 0.5) is 0 Å². The maximum absolute atomic E-state index is 12.1. The van der Waals surface area contributed by atoms with Gasteiger partial charge in [0.15, 0.2) is 0 Å². The highest BCUT2D eigenvalue weighted by molar-refractivity contribution is 5.76. The predicted molar refractivity (Wildman–Crippen MR) is 85.2 cm³/mol. The number of hydrogen-bond acceptors (Lipinski definition) is 3. The lowest BCUT2D eigenvalue weighted by atomic mass is 10.1. The van der Waals surface area contributed by atoms with Gasteiger partial charge in [0.05, 0.1) is 19.3 Å². The van der Waals surface area contributed by atoms with Crippen LogP contribution >= 0.6 is 0 Å². The van der Waals surface area contributed by atoms with Crippen LogP contribution in [0.1, 0.15) is 71.1 Å². The first-order chi connectivity index (χ1) is 10.3. The third kappa shape index (κ3) is 8.42. The summed E-state index contributed by atoms with van der Waals surface area (Å²) >= 11 is 0. The third-order valence-corrected chi connectivity index (χ3v) is 4.19. The van der Waals surface area contributed by atoms with Gasteiger partial charge in [0.25, 0.3) is 0 Å². The summed E-state index contributed by atoms with van der Waals surface area (Å²) in [6.45, 7) is 4.02. The summed E-state index contributed by atoms with van der Waals surface area (Å²) in [7, 11) is 0. The molecule has 1 N–H and O–H groups in total. The molecule has 0 aliphatic carbocycles. The minimum atomic E-state index is -0.189. The van der Waals surface area contributed by atoms with Gasteiger partial charge in [0.2, 0.25) is 5.91 Å². The molecule has 1 aliphatic rings. The molecular weight excluding hydrogens is 266 g/mol. The van der Waals surface area contributed by atoms with Crippen molar-refractivity contribution in [3.63, 3.8) is 0 Å². The smallest absolute Gasteiger partial charge is 0.222 e. The van der Waals surface area contributed by atoms with Gasteiger partial charge in [-0.1, -0.05) is 58.3 Å². The third-order valence-electron chi connectivity index (χ3n) is 4.19. The average Bonchev–Trinajstić information content (AvgIpc) is 2.53. The van der Waals surface area contributed by atoms with Crippen LogP contribution in [-0.4, -0.2) is 48.3 Å². The summed E-state index contributed by atoms with van der Waals surface area (Å²) in [5.41, 5.74) is 0. The SMILES string of the molecule is CCCCCCCCCCCC(=O)N1CCOC(CO)C1. The van der Waals surface area contributed by atoms with Gasteiger partial charge < -0.3 is 14.7 Å². The number of ether oxygens (including phenoxy) is 1. The molecule has 4 nitrogen and oxygen atoms in total. The second-order valence-electron chi connectivity index (χ2n) is 6.09. The summed E-state index contributed by atoms with van der Waals surface area (Å²) in [4.78, 5) is 13.9. The molecular formula is C17H33NO3. The average molecular weight is 299 g/mol. The maximum Gasteiger partial charge on any atom is 0.222 e. The Morgan fingerprint density at radius 1 is 1.10 bits per heavy atom. The molecule has 4 heteroatoms. The summed E-state index contributed by atoms with van der Waals surface area (Å²) < 4.78 is 5.36. The van der Waals surface area contributed by atoms with Crippen molar-refractivity contribution in [3.05, 3.63) is 0 Å². The van der Waals surface area contributed by atoms with Gasteiger partial charge in [-0.25, -0.2) is 0 Å². The number of morpholine rings is 1. The van der Waals surface area contributed by atoms with E-state index in [1.165, 1.54) is 44.9 Å². The summed E-state index contributed by atoms with van der Waals surface area (Å²) in [5.74, 6) is 0.222. The normalized spacial score (nSPS) is 19.0. The fraction of sp³-hybridized carbons (Fsp3) is 0.941. The molecule has 21 heavy (non-hydrogen) atoms. The first-order valence-corrected chi connectivity index (χ1v) is 8.78. The molecule has 1 heterocycles. The molecule has 0 aromatic rings. The van der Waals surface area contributed by atoms with E-state index >= 15 is 0 Å². The number of carbonyl (C=O) groups excluding carboxylic acids is 1. The minimum Gasteiger partial charge on any atom is -0.394 e. The Hall–Kier alpha value is -0.610. The lowest BCUT2D eigenvalue weighted by Crippen LogP contribution is -2.46. The van der Waals surface area contributed by atoms with Crippen molar-refractivity contribution in [3.8, 4) is 0 Å². The van der Waals surface area contributed by atoms with Gasteiger partial charge in [-0.15, -0.1) is 0 Å². The fourth-order valence-electron chi connectivity index (χ4n) is 2.80. The van der Waals surface area contributed by atoms with E-state index in [4.69, 9.17) is 9.84 Å². The molecule has 0 aromatic carbocycles. The molecule has 1 rings (SSSR count). The standard InChI is InChI=1S/C17H33NO3/c1-2-3-4-5-6-7-8-9-10-11-17(20)18-12-13-21-16(14-18)15-19/h16,19H,2-15H2,1H3. The van der Waals surface area contributed by atoms with Crippen LogP contribution in [-0.2, 0) is 9.53 Å². The lowest BCUT2D eigenvalue weighted by molar-refractivity contribution is -0.140. The largest absolute Gasteiger partial charge is 0.394 e. The molecule has 1 fully saturated rings. The van der Waals surface area contributed by atoms with Crippen molar-refractivity contribution in [1.29, 1.82) is 0 Å². The van der Waals surface area contributed by atoms with Gasteiger partial charge in [-0.05, 0) is 6.42 Å². The topological polar surface area (TPSA) is 49.8 Å². The van der Waals surface area contributed by atoms with Crippen molar-refractivity contribution < 1.29 is 14.6 Å². The van der Waals surface area contributed by atoms with E-state index in [2.05, 4.69) is 6.92 Å². The molecule has 0 bridgehead atoms. The highest BCUT2D eigenvalue weighted by Gasteiger charge is 2.22. The molecule has 124 valence electrons. The zero-order valence-corrected chi connectivity index (χ0v) is 13.7. The number of aliphatic hydroxyl groups is 1. The van der Waals surface area contributed by atoms with Gasteiger partial charge in [-0.2, -0.15) is 0 Å². The Kier molecular flexibility index (Phi) is 10.5. The van der Waals surface area contributed by atoms with Crippen LogP contribution in [0.15, 0.2) is 0 Å². The molecule has 0 spiro atoms. The van der Waals surface area contributed by atoms with Crippen LogP contribution in [0.5, 0.6) is 0 Å². The zero-order valence-electron chi connectivity index (χ0n) is 13.7. The van der Waals surface area contributed by atoms with Crippen LogP contribution in [0, 0.1) is 0 Å². The molecule has 1 saturated heterocycles. The molecule has 1 amide bonds. The number of unbranched alkanes of at least 4 members (excludes halogenated alkanes) is 8. The summed E-state index contributed by atoms with van der Waals surface area (Å²) in [6, 6.07) is 0. The quantitative estimate of drug-likeness (QED) is 0.596. The molecule has 1 aliphatic heterocycles. The number of aliphatic hydroxyl groups excluding tert-OH is 1. The summed E-state index contributed by atoms with van der Waals surface area (Å²) in [5, 5.41) is 9.08. The first-order valence-electron chi connectivity index (χ1n) is 8.78. The van der Waals surface area contributed by atoms with E-state index < -0.39 is 0 Å². The first kappa shape index (κ1) is 18.4. The van der Waals surface area contributed by atoms with Crippen molar-refractivity contribution >= 4 is 5.91 Å². The van der Waals surface area contributed by atoms with Crippen LogP contribution in [0.2, 0.25) is 0 Å². The monoisotopic (exact) mass is 299 g/mol. The van der Waals surface area contributed by atoms with Gasteiger partial charge in [0, 0.05) is 19.5 Å². The van der Waals surface area contributed by atoms with Gasteiger partial charge >= 0.3 is 0 Å². The number of hydrogen-bond donors (Lipinski definition) is 1. The van der Waals surface area contributed by atoms with E-state index in [-0.39, 0.29) is 18.6 Å².